The van der Waals surface area contributed by atoms with E-state index in [1.807, 2.05) is 30.3 Å². The predicted molar refractivity (Wildman–Crippen MR) is 55.2 cm³/mol. The third-order valence-electron chi connectivity index (χ3n) is 2.33. The summed E-state index contributed by atoms with van der Waals surface area (Å²) in [5.41, 5.74) is 6.41. The number of nitrogens with one attached hydrogen (secondary N) is 1. The minimum absolute atomic E-state index is 0.0633. The van der Waals surface area contributed by atoms with Crippen molar-refractivity contribution in [2.75, 3.05) is 18.0 Å². The number of hydrogen-bond donors (Lipinski definition) is 2. The molecule has 1 aromatic carbocycles. The minimum atomic E-state index is -0.0633. The summed E-state index contributed by atoms with van der Waals surface area (Å²) < 4.78 is 0. The molecular formula is C10H13N3O. The highest BCUT2D eigenvalue weighted by molar-refractivity contribution is 5.94. The van der Waals surface area contributed by atoms with Gasteiger partial charge in [-0.1, -0.05) is 18.2 Å². The first-order chi connectivity index (χ1) is 6.81. The lowest BCUT2D eigenvalue weighted by Crippen LogP contribution is -2.33. The Hall–Kier alpha value is -1.55. The van der Waals surface area contributed by atoms with Gasteiger partial charge in [-0.25, -0.2) is 4.79 Å². The van der Waals surface area contributed by atoms with Crippen molar-refractivity contribution in [2.24, 2.45) is 5.73 Å². The van der Waals surface area contributed by atoms with Crippen LogP contribution < -0.4 is 16.0 Å². The molecule has 4 nitrogen and oxygen atoms in total. The molecule has 1 fully saturated rings. The molecule has 0 spiro atoms. The molecule has 0 saturated carbocycles. The van der Waals surface area contributed by atoms with Crippen molar-refractivity contribution in [2.45, 2.75) is 6.04 Å². The monoisotopic (exact) mass is 191 g/mol. The molecule has 3 N–H and O–H groups in total. The van der Waals surface area contributed by atoms with Gasteiger partial charge in [0.05, 0.1) is 6.04 Å². The van der Waals surface area contributed by atoms with Gasteiger partial charge in [-0.05, 0) is 12.1 Å². The lowest BCUT2D eigenvalue weighted by Gasteiger charge is -2.13. The molecule has 1 unspecified atom stereocenters. The Bertz CT molecular complexity index is 325. The van der Waals surface area contributed by atoms with E-state index in [2.05, 4.69) is 5.32 Å². The van der Waals surface area contributed by atoms with Crippen LogP contribution in [0.1, 0.15) is 0 Å². The number of anilines is 1. The molecule has 14 heavy (non-hydrogen) atoms. The average Bonchev–Trinajstić information content (AvgIpc) is 2.61. The molecule has 1 aromatic rings. The third-order valence-corrected chi connectivity index (χ3v) is 2.33. The normalized spacial score (nSPS) is 21.1. The lowest BCUT2D eigenvalue weighted by molar-refractivity contribution is 0.251. The summed E-state index contributed by atoms with van der Waals surface area (Å²) in [6.45, 7) is 1.13. The van der Waals surface area contributed by atoms with E-state index in [0.29, 0.717) is 13.1 Å². The van der Waals surface area contributed by atoms with Crippen molar-refractivity contribution in [3.63, 3.8) is 0 Å². The Kier molecular flexibility index (Phi) is 2.37. The largest absolute Gasteiger partial charge is 0.332 e. The summed E-state index contributed by atoms with van der Waals surface area (Å²) in [6, 6.07) is 9.60. The Morgan fingerprint density at radius 2 is 2.14 bits per heavy atom. The number of para-hydroxylation sites is 1. The Morgan fingerprint density at radius 1 is 1.43 bits per heavy atom. The summed E-state index contributed by atoms with van der Waals surface area (Å²) in [5.74, 6) is 0. The quantitative estimate of drug-likeness (QED) is 0.717. The first kappa shape index (κ1) is 9.02. The van der Waals surface area contributed by atoms with Crippen molar-refractivity contribution in [1.82, 2.24) is 5.32 Å². The Labute approximate surface area is 82.7 Å². The van der Waals surface area contributed by atoms with Gasteiger partial charge < -0.3 is 11.1 Å². The molecule has 2 rings (SSSR count). The van der Waals surface area contributed by atoms with Crippen LogP contribution in [0.4, 0.5) is 10.5 Å². The number of amides is 2. The number of carbonyl (C=O) groups is 1. The molecule has 0 radical (unpaired) electrons. The zero-order valence-electron chi connectivity index (χ0n) is 7.81. The van der Waals surface area contributed by atoms with Gasteiger partial charge in [-0.15, -0.1) is 0 Å². The maximum absolute atomic E-state index is 11.5. The molecular weight excluding hydrogens is 178 g/mol. The number of rotatable bonds is 2. The van der Waals surface area contributed by atoms with E-state index >= 15 is 0 Å². The van der Waals surface area contributed by atoms with Crippen molar-refractivity contribution >= 4 is 11.7 Å². The zero-order chi connectivity index (χ0) is 9.97. The summed E-state index contributed by atoms with van der Waals surface area (Å²) in [7, 11) is 0. The average molecular weight is 191 g/mol. The molecule has 0 aliphatic carbocycles. The molecule has 1 aliphatic rings. The van der Waals surface area contributed by atoms with Gasteiger partial charge in [0.2, 0.25) is 0 Å². The maximum Gasteiger partial charge on any atom is 0.322 e. The molecule has 0 aromatic heterocycles. The molecule has 1 heterocycles. The molecule has 1 aliphatic heterocycles. The van der Waals surface area contributed by atoms with Gasteiger partial charge in [0, 0.05) is 18.8 Å². The molecule has 74 valence electrons. The molecule has 2 amide bonds. The highest BCUT2D eigenvalue weighted by Crippen LogP contribution is 2.16. The smallest absolute Gasteiger partial charge is 0.322 e. The van der Waals surface area contributed by atoms with E-state index in [1.54, 1.807) is 4.90 Å². The summed E-state index contributed by atoms with van der Waals surface area (Å²) in [5, 5.41) is 2.81. The van der Waals surface area contributed by atoms with Gasteiger partial charge in [0.15, 0.2) is 0 Å². The van der Waals surface area contributed by atoms with Crippen LogP contribution in [0.2, 0.25) is 0 Å². The van der Waals surface area contributed by atoms with E-state index in [4.69, 9.17) is 5.73 Å². The second kappa shape index (κ2) is 3.67. The van der Waals surface area contributed by atoms with Crippen LogP contribution in [-0.2, 0) is 0 Å². The number of nitrogens with zero attached hydrogens (tertiary/aromatic N) is 1. The highest BCUT2D eigenvalue weighted by atomic mass is 16.2. The fourth-order valence-corrected chi connectivity index (χ4v) is 1.57. The van der Waals surface area contributed by atoms with Crippen molar-refractivity contribution in [1.29, 1.82) is 0 Å². The molecule has 1 saturated heterocycles. The standard InChI is InChI=1S/C10H13N3O/c11-6-8-7-13(10(14)12-8)9-4-2-1-3-5-9/h1-5,8H,6-7,11H2,(H,12,14). The van der Waals surface area contributed by atoms with E-state index in [0.717, 1.165) is 5.69 Å². The van der Waals surface area contributed by atoms with E-state index in [1.165, 1.54) is 0 Å². The van der Waals surface area contributed by atoms with Crippen LogP contribution in [0.5, 0.6) is 0 Å². The van der Waals surface area contributed by atoms with Crippen LogP contribution in [0.15, 0.2) is 30.3 Å². The summed E-state index contributed by atoms with van der Waals surface area (Å²) >= 11 is 0. The van der Waals surface area contributed by atoms with Crippen molar-refractivity contribution in [3.8, 4) is 0 Å². The predicted octanol–water partition coefficient (Wildman–Crippen LogP) is 0.543. The van der Waals surface area contributed by atoms with E-state index < -0.39 is 0 Å². The van der Waals surface area contributed by atoms with Gasteiger partial charge >= 0.3 is 6.03 Å². The number of carbonyl (C=O) groups excluding carboxylic acids is 1. The van der Waals surface area contributed by atoms with Crippen LogP contribution in [-0.4, -0.2) is 25.2 Å². The zero-order valence-corrected chi connectivity index (χ0v) is 7.81. The number of urea groups is 1. The Morgan fingerprint density at radius 3 is 2.71 bits per heavy atom. The number of nitrogens with two attached hydrogens (primary N) is 1. The van der Waals surface area contributed by atoms with Crippen LogP contribution in [0.3, 0.4) is 0 Å². The first-order valence-corrected chi connectivity index (χ1v) is 4.64. The van der Waals surface area contributed by atoms with Gasteiger partial charge in [-0.2, -0.15) is 0 Å². The third kappa shape index (κ3) is 1.56. The maximum atomic E-state index is 11.5. The minimum Gasteiger partial charge on any atom is -0.332 e. The van der Waals surface area contributed by atoms with Crippen LogP contribution in [0.25, 0.3) is 0 Å². The van der Waals surface area contributed by atoms with E-state index in [-0.39, 0.29) is 12.1 Å². The van der Waals surface area contributed by atoms with Crippen LogP contribution >= 0.6 is 0 Å². The topological polar surface area (TPSA) is 58.4 Å². The Balaban J connectivity index is 2.17. The SMILES string of the molecule is NCC1CN(c2ccccc2)C(=O)N1. The van der Waals surface area contributed by atoms with Crippen LogP contribution in [0, 0.1) is 0 Å². The molecule has 0 bridgehead atoms. The first-order valence-electron chi connectivity index (χ1n) is 4.64. The van der Waals surface area contributed by atoms with E-state index in [9.17, 15) is 4.79 Å². The van der Waals surface area contributed by atoms with Crippen molar-refractivity contribution in [3.05, 3.63) is 30.3 Å². The number of benzene rings is 1. The van der Waals surface area contributed by atoms with Gasteiger partial charge in [0.1, 0.15) is 0 Å². The molecule has 4 heteroatoms. The number of hydrogen-bond acceptors (Lipinski definition) is 2. The second-order valence-corrected chi connectivity index (χ2v) is 3.33. The fourth-order valence-electron chi connectivity index (χ4n) is 1.57. The highest BCUT2D eigenvalue weighted by Gasteiger charge is 2.28. The fraction of sp³-hybridized carbons (Fsp3) is 0.300. The van der Waals surface area contributed by atoms with Gasteiger partial charge in [0.25, 0.3) is 0 Å². The summed E-state index contributed by atoms with van der Waals surface area (Å²) in [6.07, 6.45) is 0. The lowest BCUT2D eigenvalue weighted by atomic mass is 10.2. The van der Waals surface area contributed by atoms with Crippen molar-refractivity contribution < 1.29 is 4.79 Å². The summed E-state index contributed by atoms with van der Waals surface area (Å²) in [4.78, 5) is 13.2. The van der Waals surface area contributed by atoms with Gasteiger partial charge in [-0.3, -0.25) is 4.90 Å². The molecule has 1 atom stereocenters. The second-order valence-electron chi connectivity index (χ2n) is 3.33.